The maximum atomic E-state index is 13.5. The molecule has 2 N–H and O–H groups in total. The standard InChI is InChI=1S/C38H36N12O4S6.2ClH.2Cu/c1-25-33(35(39)49(43-25)29-9-5-3-6-10-29)37(55)57-45-41-27-13-17-31(18-14-27)59(51,52)47-21-23-48(24-22-47)60(53,54)32-19-15-28(16-20-32)42-46-58-38(56)34-26(2)44-50(36(34)40)30-11-7-4-8-12-30;;;;/h3-20,39-40,55-56H,21-24H2,1-2H3;2*1H;;/q;;;2*+2/p-4/b37-33-,38-34-,39-35?,40-36?,45-41?,46-42?;;;;. The average Bonchev–Trinajstić information content (AvgIpc) is 3.80. The zero-order valence-electron chi connectivity index (χ0n) is 33.1. The summed E-state index contributed by atoms with van der Waals surface area (Å²) in [6.07, 6.45) is 0. The van der Waals surface area contributed by atoms with Gasteiger partial charge in [0.15, 0.2) is 11.7 Å². The molecule has 26 heteroatoms. The topological polar surface area (TPSA) is 203 Å². The first-order chi connectivity index (χ1) is 30.8. The number of para-hydroxylation sites is 2. The molecule has 3 heterocycles. The van der Waals surface area contributed by atoms with Crippen molar-refractivity contribution in [2.45, 2.75) is 23.6 Å². The summed E-state index contributed by atoms with van der Waals surface area (Å²) in [5.41, 5.74) is 4.38. The van der Waals surface area contributed by atoms with Gasteiger partial charge in [-0.25, -0.2) is 26.9 Å². The van der Waals surface area contributed by atoms with E-state index < -0.39 is 20.0 Å². The van der Waals surface area contributed by atoms with Gasteiger partial charge in [0.2, 0.25) is 20.0 Å². The molecule has 0 amide bonds. The van der Waals surface area contributed by atoms with E-state index >= 15 is 0 Å². The fraction of sp³-hybridized carbons (Fsp3) is 0.158. The molecule has 0 aliphatic carbocycles. The SMILES string of the molecule is CC1=NN(c2ccccc2)C(=N)/C1=C(/[S-])SN=Nc1ccc(S(=O)(=O)N2CCN(S(=O)(=O)c3ccc(N=NS/C([S-])=C4\C(=N)N(c5ccccc5)N=C4C)cc3)CC2)cc1.[Cl][Cu+].[Cl][Cu+]. The number of hydrogen-bond donors (Lipinski definition) is 2. The van der Waals surface area contributed by atoms with Crippen LogP contribution < -0.4 is 10.0 Å². The van der Waals surface area contributed by atoms with Crippen LogP contribution in [0.2, 0.25) is 0 Å². The van der Waals surface area contributed by atoms with Crippen LogP contribution in [0.3, 0.4) is 0 Å². The number of sulfonamides is 2. The summed E-state index contributed by atoms with van der Waals surface area (Å²) in [7, 11) is 0.537. The molecule has 64 heavy (non-hydrogen) atoms. The van der Waals surface area contributed by atoms with Crippen molar-refractivity contribution < 1.29 is 47.0 Å². The molecular formula is C38H34Cl2Cu2N12O4S6. The average molecular weight is 1110 g/mol. The van der Waals surface area contributed by atoms with Crippen LogP contribution in [0.25, 0.3) is 0 Å². The number of benzene rings is 4. The Labute approximate surface area is 416 Å². The number of hydrogen-bond acceptors (Lipinski definition) is 16. The van der Waals surface area contributed by atoms with E-state index in [1.54, 1.807) is 13.8 Å². The molecule has 0 saturated carbocycles. The molecule has 342 valence electrons. The van der Waals surface area contributed by atoms with E-state index in [9.17, 15) is 16.8 Å². The quantitative estimate of drug-likeness (QED) is 0.0595. The number of amidine groups is 2. The Morgan fingerprint density at radius 1 is 0.578 bits per heavy atom. The second-order valence-corrected chi connectivity index (χ2v) is 19.7. The van der Waals surface area contributed by atoms with Crippen LogP contribution in [0.4, 0.5) is 22.7 Å². The number of nitrogens with zero attached hydrogens (tertiary/aromatic N) is 10. The summed E-state index contributed by atoms with van der Waals surface area (Å²) in [5.74, 6) is 0.269. The van der Waals surface area contributed by atoms with E-state index in [1.807, 2.05) is 60.7 Å². The molecular weight excluding hydrogens is 1080 g/mol. The predicted molar refractivity (Wildman–Crippen MR) is 255 cm³/mol. The molecule has 0 atom stereocenters. The summed E-state index contributed by atoms with van der Waals surface area (Å²) in [5, 5.41) is 37.4. The number of halogens is 2. The fourth-order valence-electron chi connectivity index (χ4n) is 6.17. The van der Waals surface area contributed by atoms with Crippen molar-refractivity contribution in [2.75, 3.05) is 36.2 Å². The number of rotatable bonds is 12. The van der Waals surface area contributed by atoms with E-state index in [1.165, 1.54) is 67.2 Å². The van der Waals surface area contributed by atoms with Crippen molar-refractivity contribution in [2.24, 2.45) is 29.5 Å². The Balaban J connectivity index is 0.00000187. The first-order valence-electron chi connectivity index (χ1n) is 18.2. The van der Waals surface area contributed by atoms with Gasteiger partial charge in [0, 0.05) is 61.2 Å². The minimum absolute atomic E-state index is 0.0323. The molecule has 7 rings (SSSR count). The first-order valence-corrected chi connectivity index (χ1v) is 26.0. The summed E-state index contributed by atoms with van der Waals surface area (Å²) < 4.78 is 65.4. The first kappa shape index (κ1) is 51.4. The van der Waals surface area contributed by atoms with Crippen LogP contribution in [-0.4, -0.2) is 74.7 Å². The Morgan fingerprint density at radius 2 is 0.891 bits per heavy atom. The van der Waals surface area contributed by atoms with Crippen molar-refractivity contribution in [1.82, 2.24) is 8.61 Å². The van der Waals surface area contributed by atoms with Gasteiger partial charge in [-0.2, -0.15) is 18.8 Å². The molecule has 0 unspecified atom stereocenters. The van der Waals surface area contributed by atoms with Crippen molar-refractivity contribution in [3.05, 3.63) is 129 Å². The molecule has 0 radical (unpaired) electrons. The van der Waals surface area contributed by atoms with Gasteiger partial charge >= 0.3 is 50.4 Å². The van der Waals surface area contributed by atoms with E-state index in [-0.39, 0.29) is 47.6 Å². The predicted octanol–water partition coefficient (Wildman–Crippen LogP) is 9.48. The summed E-state index contributed by atoms with van der Waals surface area (Å²) >= 11 is 20.2. The minimum atomic E-state index is -3.93. The van der Waals surface area contributed by atoms with Gasteiger partial charge in [0.25, 0.3) is 0 Å². The van der Waals surface area contributed by atoms with Gasteiger partial charge in [-0.3, -0.25) is 10.8 Å². The van der Waals surface area contributed by atoms with Crippen LogP contribution in [0, 0.1) is 10.8 Å². The van der Waals surface area contributed by atoms with E-state index in [0.717, 1.165) is 35.3 Å². The van der Waals surface area contributed by atoms with Crippen LogP contribution >= 0.6 is 44.1 Å². The van der Waals surface area contributed by atoms with Crippen molar-refractivity contribution >= 4 is 135 Å². The molecule has 4 aromatic carbocycles. The van der Waals surface area contributed by atoms with Crippen LogP contribution in [0.15, 0.2) is 168 Å². The molecule has 3 aliphatic heterocycles. The van der Waals surface area contributed by atoms with Crippen LogP contribution in [0.1, 0.15) is 13.8 Å². The Kier molecular flexibility index (Phi) is 19.1. The van der Waals surface area contributed by atoms with E-state index in [4.69, 9.17) is 36.1 Å². The van der Waals surface area contributed by atoms with Gasteiger partial charge in [-0.15, -0.1) is 27.7 Å². The van der Waals surface area contributed by atoms with Crippen molar-refractivity contribution in [3.63, 3.8) is 0 Å². The third-order valence-electron chi connectivity index (χ3n) is 9.24. The van der Waals surface area contributed by atoms with E-state index in [0.29, 0.717) is 42.4 Å². The van der Waals surface area contributed by atoms with Crippen LogP contribution in [-0.2, 0) is 75.5 Å². The van der Waals surface area contributed by atoms with Gasteiger partial charge in [0.1, 0.15) is 0 Å². The zero-order chi connectivity index (χ0) is 46.6. The summed E-state index contributed by atoms with van der Waals surface area (Å²) in [4.78, 5) is 0.0647. The molecule has 4 aromatic rings. The van der Waals surface area contributed by atoms with Gasteiger partial charge in [-0.05, 0) is 86.6 Å². The summed E-state index contributed by atoms with van der Waals surface area (Å²) in [6, 6.07) is 30.3. The van der Waals surface area contributed by atoms with Gasteiger partial charge in [0.05, 0.1) is 44.0 Å². The molecule has 16 nitrogen and oxygen atoms in total. The van der Waals surface area contributed by atoms with Crippen LogP contribution in [0.5, 0.6) is 0 Å². The molecule has 0 aromatic heterocycles. The molecule has 1 fully saturated rings. The molecule has 0 bridgehead atoms. The molecule has 1 saturated heterocycles. The van der Waals surface area contributed by atoms with Crippen molar-refractivity contribution in [3.8, 4) is 0 Å². The number of nitrogens with one attached hydrogen (secondary N) is 2. The van der Waals surface area contributed by atoms with Gasteiger partial charge < -0.3 is 25.3 Å². The third kappa shape index (κ3) is 12.1. The van der Waals surface area contributed by atoms with Crippen molar-refractivity contribution in [1.29, 1.82) is 10.8 Å². The Hall–Kier alpha value is -3.58. The second-order valence-electron chi connectivity index (χ2n) is 13.0. The Bertz CT molecular complexity index is 2560. The molecule has 0 spiro atoms. The second kappa shape index (κ2) is 23.7. The van der Waals surface area contributed by atoms with Gasteiger partial charge in [-0.1, -0.05) is 36.4 Å². The zero-order valence-corrected chi connectivity index (χ0v) is 41.4. The molecule has 3 aliphatic rings. The number of piperazine rings is 1. The normalized spacial score (nSPS) is 17.8. The third-order valence-corrected chi connectivity index (χ3v) is 15.0. The number of anilines is 2. The van der Waals surface area contributed by atoms with E-state index in [2.05, 4.69) is 79.9 Å². The monoisotopic (exact) mass is 1110 g/mol. The summed E-state index contributed by atoms with van der Waals surface area (Å²) in [6.45, 7) is 3.38. The number of hydrazone groups is 2. The maximum absolute atomic E-state index is 13.5. The fourth-order valence-corrected chi connectivity index (χ4v) is 10.8. The Morgan fingerprint density at radius 3 is 1.20 bits per heavy atom.